The number of halogens is 1. The summed E-state index contributed by atoms with van der Waals surface area (Å²) in [5.74, 6) is -3.29. The second-order valence-corrected chi connectivity index (χ2v) is 5.59. The van der Waals surface area contributed by atoms with E-state index in [0.717, 1.165) is 5.56 Å². The summed E-state index contributed by atoms with van der Waals surface area (Å²) < 4.78 is 13.5. The molecular weight excluding hydrogens is 249 g/mol. The first-order valence-corrected chi connectivity index (χ1v) is 6.05. The number of carbonyl (C=O) groups excluding carboxylic acids is 1. The van der Waals surface area contributed by atoms with E-state index in [4.69, 9.17) is 5.11 Å². The van der Waals surface area contributed by atoms with E-state index in [0.29, 0.717) is 0 Å². The van der Waals surface area contributed by atoms with Crippen LogP contribution in [-0.4, -0.2) is 17.0 Å². The standard InChI is InChI=1S/C14H16FNO3/c1-7-4-5-8(15)9(6-7)16-12(17)10-11(13(18)19)14(10,2)3/h4-6,10-11H,1-3H3,(H,16,17)(H,18,19). The minimum absolute atomic E-state index is 0.0943. The fraction of sp³-hybridized carbons (Fsp3) is 0.429. The molecule has 2 unspecified atom stereocenters. The van der Waals surface area contributed by atoms with E-state index in [1.165, 1.54) is 12.1 Å². The Morgan fingerprint density at radius 1 is 1.32 bits per heavy atom. The second kappa shape index (κ2) is 4.33. The number of anilines is 1. The molecule has 5 heteroatoms. The van der Waals surface area contributed by atoms with Crippen molar-refractivity contribution < 1.29 is 19.1 Å². The number of hydrogen-bond acceptors (Lipinski definition) is 2. The van der Waals surface area contributed by atoms with Gasteiger partial charge in [-0.2, -0.15) is 0 Å². The Kier molecular flexibility index (Phi) is 3.08. The predicted molar refractivity (Wildman–Crippen MR) is 68.2 cm³/mol. The zero-order valence-corrected chi connectivity index (χ0v) is 11.0. The predicted octanol–water partition coefficient (Wildman–Crippen LogP) is 2.43. The molecule has 0 saturated heterocycles. The Morgan fingerprint density at radius 2 is 1.95 bits per heavy atom. The molecular formula is C14H16FNO3. The van der Waals surface area contributed by atoms with Crippen LogP contribution in [0.2, 0.25) is 0 Å². The summed E-state index contributed by atoms with van der Waals surface area (Å²) in [6, 6.07) is 4.40. The normalized spacial score (nSPS) is 23.8. The van der Waals surface area contributed by atoms with Crippen molar-refractivity contribution in [3.8, 4) is 0 Å². The third kappa shape index (κ3) is 2.32. The molecule has 4 nitrogen and oxygen atoms in total. The first kappa shape index (κ1) is 13.5. The quantitative estimate of drug-likeness (QED) is 0.882. The van der Waals surface area contributed by atoms with Gasteiger partial charge < -0.3 is 10.4 Å². The van der Waals surface area contributed by atoms with Crippen LogP contribution in [0.4, 0.5) is 10.1 Å². The average Bonchev–Trinajstić information content (AvgIpc) is 2.87. The molecule has 1 aromatic rings. The van der Waals surface area contributed by atoms with Gasteiger partial charge in [0.2, 0.25) is 5.91 Å². The van der Waals surface area contributed by atoms with E-state index in [-0.39, 0.29) is 5.69 Å². The highest BCUT2D eigenvalue weighted by molar-refractivity contribution is 5.99. The lowest BCUT2D eigenvalue weighted by Crippen LogP contribution is -2.18. The van der Waals surface area contributed by atoms with Crippen molar-refractivity contribution in [1.29, 1.82) is 0 Å². The third-order valence-corrected chi connectivity index (χ3v) is 3.76. The molecule has 0 bridgehead atoms. The lowest BCUT2D eigenvalue weighted by atomic mass is 10.1. The van der Waals surface area contributed by atoms with Gasteiger partial charge in [0.25, 0.3) is 0 Å². The Bertz CT molecular complexity index is 554. The molecule has 1 amide bonds. The van der Waals surface area contributed by atoms with Gasteiger partial charge >= 0.3 is 5.97 Å². The van der Waals surface area contributed by atoms with E-state index >= 15 is 0 Å². The molecule has 19 heavy (non-hydrogen) atoms. The van der Waals surface area contributed by atoms with Crippen molar-refractivity contribution >= 4 is 17.6 Å². The van der Waals surface area contributed by atoms with Crippen LogP contribution in [0.3, 0.4) is 0 Å². The van der Waals surface area contributed by atoms with Crippen LogP contribution in [0.5, 0.6) is 0 Å². The Morgan fingerprint density at radius 3 is 2.47 bits per heavy atom. The van der Waals surface area contributed by atoms with Gasteiger partial charge in [-0.3, -0.25) is 9.59 Å². The molecule has 0 aromatic heterocycles. The van der Waals surface area contributed by atoms with Crippen molar-refractivity contribution in [3.05, 3.63) is 29.6 Å². The zero-order chi connectivity index (χ0) is 14.4. The summed E-state index contributed by atoms with van der Waals surface area (Å²) in [5.41, 5.74) is 0.328. The lowest BCUT2D eigenvalue weighted by Gasteiger charge is -2.08. The molecule has 0 spiro atoms. The van der Waals surface area contributed by atoms with Crippen LogP contribution in [0, 0.1) is 30.0 Å². The molecule has 0 aliphatic heterocycles. The first-order chi connectivity index (χ1) is 8.75. The number of hydrogen-bond donors (Lipinski definition) is 2. The summed E-state index contributed by atoms with van der Waals surface area (Å²) in [6.45, 7) is 5.24. The van der Waals surface area contributed by atoms with Crippen LogP contribution in [0.25, 0.3) is 0 Å². The number of aryl methyl sites for hydroxylation is 1. The molecule has 1 aliphatic carbocycles. The minimum Gasteiger partial charge on any atom is -0.481 e. The number of aliphatic carboxylic acids is 1. The van der Waals surface area contributed by atoms with Gasteiger partial charge in [0.1, 0.15) is 5.82 Å². The van der Waals surface area contributed by atoms with Crippen LogP contribution in [-0.2, 0) is 9.59 Å². The van der Waals surface area contributed by atoms with Gasteiger partial charge in [0.05, 0.1) is 17.5 Å². The highest BCUT2D eigenvalue weighted by atomic mass is 19.1. The number of rotatable bonds is 3. The monoisotopic (exact) mass is 265 g/mol. The van der Waals surface area contributed by atoms with Crippen molar-refractivity contribution in [3.63, 3.8) is 0 Å². The number of amides is 1. The van der Waals surface area contributed by atoms with E-state index in [2.05, 4.69) is 5.32 Å². The van der Waals surface area contributed by atoms with Crippen molar-refractivity contribution in [1.82, 2.24) is 0 Å². The summed E-state index contributed by atoms with van der Waals surface area (Å²) >= 11 is 0. The fourth-order valence-corrected chi connectivity index (χ4v) is 2.53. The molecule has 1 fully saturated rings. The molecule has 102 valence electrons. The van der Waals surface area contributed by atoms with Crippen molar-refractivity contribution in [2.75, 3.05) is 5.32 Å². The van der Waals surface area contributed by atoms with E-state index in [9.17, 15) is 14.0 Å². The molecule has 0 radical (unpaired) electrons. The van der Waals surface area contributed by atoms with Crippen LogP contribution in [0.15, 0.2) is 18.2 Å². The van der Waals surface area contributed by atoms with E-state index < -0.39 is 34.9 Å². The summed E-state index contributed by atoms with van der Waals surface area (Å²) in [7, 11) is 0. The van der Waals surface area contributed by atoms with Crippen LogP contribution < -0.4 is 5.32 Å². The third-order valence-electron chi connectivity index (χ3n) is 3.76. The highest BCUT2D eigenvalue weighted by Gasteiger charge is 2.65. The highest BCUT2D eigenvalue weighted by Crippen LogP contribution is 2.58. The molecule has 2 atom stereocenters. The number of carboxylic acids is 1. The fourth-order valence-electron chi connectivity index (χ4n) is 2.53. The van der Waals surface area contributed by atoms with Gasteiger partial charge in [0, 0.05) is 0 Å². The number of carboxylic acid groups (broad SMARTS) is 1. The molecule has 2 N–H and O–H groups in total. The van der Waals surface area contributed by atoms with Gasteiger partial charge in [-0.25, -0.2) is 4.39 Å². The van der Waals surface area contributed by atoms with Gasteiger partial charge in [0.15, 0.2) is 0 Å². The lowest BCUT2D eigenvalue weighted by molar-refractivity contribution is -0.140. The molecule has 1 aliphatic rings. The van der Waals surface area contributed by atoms with Gasteiger partial charge in [-0.15, -0.1) is 0 Å². The van der Waals surface area contributed by atoms with E-state index in [1.54, 1.807) is 26.8 Å². The SMILES string of the molecule is Cc1ccc(F)c(NC(=O)C2C(C(=O)O)C2(C)C)c1. The van der Waals surface area contributed by atoms with Crippen molar-refractivity contribution in [2.24, 2.45) is 17.3 Å². The van der Waals surface area contributed by atoms with E-state index in [1.807, 2.05) is 0 Å². The Balaban J connectivity index is 2.15. The van der Waals surface area contributed by atoms with Gasteiger partial charge in [-0.05, 0) is 30.0 Å². The van der Waals surface area contributed by atoms with Crippen molar-refractivity contribution in [2.45, 2.75) is 20.8 Å². The molecule has 1 saturated carbocycles. The minimum atomic E-state index is -0.991. The number of benzene rings is 1. The Hall–Kier alpha value is -1.91. The number of carbonyl (C=O) groups is 2. The van der Waals surface area contributed by atoms with Crippen LogP contribution >= 0.6 is 0 Å². The summed E-state index contributed by atoms with van der Waals surface area (Å²) in [5, 5.41) is 11.5. The molecule has 2 rings (SSSR count). The van der Waals surface area contributed by atoms with Crippen LogP contribution in [0.1, 0.15) is 19.4 Å². The maximum Gasteiger partial charge on any atom is 0.307 e. The zero-order valence-electron chi connectivity index (χ0n) is 11.0. The maximum atomic E-state index is 13.5. The first-order valence-electron chi connectivity index (χ1n) is 6.05. The summed E-state index contributed by atoms with van der Waals surface area (Å²) in [4.78, 5) is 23.0. The molecule has 1 aromatic carbocycles. The second-order valence-electron chi connectivity index (χ2n) is 5.59. The largest absolute Gasteiger partial charge is 0.481 e. The maximum absolute atomic E-state index is 13.5. The smallest absolute Gasteiger partial charge is 0.307 e. The Labute approximate surface area is 110 Å². The topological polar surface area (TPSA) is 66.4 Å². The number of nitrogens with one attached hydrogen (secondary N) is 1. The van der Waals surface area contributed by atoms with Gasteiger partial charge in [-0.1, -0.05) is 19.9 Å². The average molecular weight is 265 g/mol. The molecule has 0 heterocycles. The summed E-state index contributed by atoms with van der Waals surface area (Å²) in [6.07, 6.45) is 0.